The maximum atomic E-state index is 13.3. The molecule has 2 aliphatic carbocycles. The molecule has 178 valence electrons. The number of amides is 2. The molecular formula is C23H22N2O7S2. The maximum Gasteiger partial charge on any atom is 0.305 e. The summed E-state index contributed by atoms with van der Waals surface area (Å²) in [5, 5.41) is 20.0. The monoisotopic (exact) mass is 502 g/mol. The first-order valence-electron chi connectivity index (χ1n) is 11.1. The number of benzene rings is 1. The molecule has 1 aromatic carbocycles. The van der Waals surface area contributed by atoms with E-state index in [9.17, 15) is 24.3 Å². The quantitative estimate of drug-likeness (QED) is 0.529. The number of methoxy groups -OCH3 is 1. The molecule has 11 heteroatoms. The topological polar surface area (TPSA) is 137 Å². The van der Waals surface area contributed by atoms with Crippen LogP contribution in [0, 0.1) is 29.6 Å². The number of thioether (sulfide) groups is 1. The van der Waals surface area contributed by atoms with Gasteiger partial charge in [0.2, 0.25) is 11.8 Å². The van der Waals surface area contributed by atoms with Crippen LogP contribution < -0.4 is 9.61 Å². The lowest BCUT2D eigenvalue weighted by atomic mass is 9.68. The second-order valence-electron chi connectivity index (χ2n) is 9.36. The van der Waals surface area contributed by atoms with E-state index in [1.807, 2.05) is 6.07 Å². The number of nitrogens with one attached hydrogen (secondary N) is 1. The van der Waals surface area contributed by atoms with Crippen molar-refractivity contribution in [2.24, 2.45) is 29.6 Å². The second-order valence-corrected chi connectivity index (χ2v) is 11.6. The molecule has 4 aliphatic rings. The van der Waals surface area contributed by atoms with Crippen molar-refractivity contribution >= 4 is 40.9 Å². The third-order valence-electron chi connectivity index (χ3n) is 7.93. The summed E-state index contributed by atoms with van der Waals surface area (Å²) in [5.74, 6) is -2.29. The van der Waals surface area contributed by atoms with Crippen molar-refractivity contribution in [1.29, 1.82) is 0 Å². The number of aromatic hydroxyl groups is 1. The number of nitrogens with zero attached hydrogens (tertiary/aromatic N) is 1. The highest BCUT2D eigenvalue weighted by atomic mass is 32.2. The van der Waals surface area contributed by atoms with E-state index in [0.717, 1.165) is 38.1 Å². The van der Waals surface area contributed by atoms with Crippen LogP contribution in [0.5, 0.6) is 11.5 Å². The summed E-state index contributed by atoms with van der Waals surface area (Å²) < 4.78 is 5.33. The van der Waals surface area contributed by atoms with Crippen LogP contribution in [0.4, 0.5) is 0 Å². The highest BCUT2D eigenvalue weighted by molar-refractivity contribution is 8.00. The molecule has 2 aromatic rings. The third kappa shape index (κ3) is 2.92. The molecule has 0 spiro atoms. The summed E-state index contributed by atoms with van der Waals surface area (Å²) in [4.78, 5) is 54.7. The number of aromatic nitrogens is 1. The molecule has 1 aromatic heterocycles. The number of aliphatic carboxylic acids is 1. The van der Waals surface area contributed by atoms with Gasteiger partial charge >= 0.3 is 10.8 Å². The Kier molecular flexibility index (Phi) is 4.86. The molecule has 3 heterocycles. The van der Waals surface area contributed by atoms with Gasteiger partial charge < -0.3 is 19.9 Å². The van der Waals surface area contributed by atoms with Gasteiger partial charge in [0.1, 0.15) is 0 Å². The zero-order valence-electron chi connectivity index (χ0n) is 18.1. The van der Waals surface area contributed by atoms with E-state index in [2.05, 4.69) is 4.98 Å². The van der Waals surface area contributed by atoms with Crippen LogP contribution in [0.15, 0.2) is 28.0 Å². The first-order chi connectivity index (χ1) is 16.3. The molecule has 7 unspecified atom stereocenters. The van der Waals surface area contributed by atoms with E-state index >= 15 is 0 Å². The van der Waals surface area contributed by atoms with Crippen LogP contribution in [-0.4, -0.2) is 56.8 Å². The van der Waals surface area contributed by atoms with E-state index in [1.165, 1.54) is 7.11 Å². The Labute approximate surface area is 202 Å². The fraction of sp³-hybridized carbons (Fsp3) is 0.478. The van der Waals surface area contributed by atoms with Crippen LogP contribution >= 0.6 is 23.1 Å². The molecule has 9 nitrogen and oxygen atoms in total. The minimum atomic E-state index is -1.04. The first-order valence-corrected chi connectivity index (χ1v) is 12.8. The zero-order chi connectivity index (χ0) is 23.9. The molecular weight excluding hydrogens is 480 g/mol. The Balaban J connectivity index is 1.42. The normalized spacial score (nSPS) is 33.1. The van der Waals surface area contributed by atoms with Crippen molar-refractivity contribution in [3.05, 3.63) is 38.3 Å². The van der Waals surface area contributed by atoms with E-state index in [-0.39, 0.29) is 64.3 Å². The lowest BCUT2D eigenvalue weighted by molar-refractivity contribution is -0.142. The van der Waals surface area contributed by atoms with Crippen molar-refractivity contribution < 1.29 is 29.3 Å². The van der Waals surface area contributed by atoms with E-state index in [0.29, 0.717) is 5.75 Å². The summed E-state index contributed by atoms with van der Waals surface area (Å²) >= 11 is 2.76. The molecule has 6 rings (SSSR count). The summed E-state index contributed by atoms with van der Waals surface area (Å²) in [6.07, 6.45) is 0.495. The Hall–Kier alpha value is -2.79. The molecule has 2 saturated carbocycles. The molecule has 7 atom stereocenters. The summed E-state index contributed by atoms with van der Waals surface area (Å²) in [6, 6.07) is 5.19. The standard InChI is InChI=1S/C23H22N2O7S2/c1-32-12-6-8(2-3-11(12)26)14-15-9-7-10(18(15)33-20-19(14)34-23(31)24-20)17-16(9)21(29)25(22(17)30)5-4-13(27)28/h2-3,6,9-10,14-18,26H,4-5,7H2,1H3,(H,24,31)(H,27,28). The van der Waals surface area contributed by atoms with Gasteiger partial charge in [-0.15, -0.1) is 11.8 Å². The second kappa shape index (κ2) is 7.61. The minimum absolute atomic E-state index is 0.0191. The molecule has 34 heavy (non-hydrogen) atoms. The molecule has 2 aliphatic heterocycles. The van der Waals surface area contributed by atoms with Crippen molar-refractivity contribution in [2.75, 3.05) is 13.7 Å². The van der Waals surface area contributed by atoms with Gasteiger partial charge in [0.05, 0.1) is 30.4 Å². The first kappa shape index (κ1) is 21.7. The number of imide groups is 1. The predicted octanol–water partition coefficient (Wildman–Crippen LogP) is 2.10. The summed E-state index contributed by atoms with van der Waals surface area (Å²) in [6.45, 7) is -0.0961. The van der Waals surface area contributed by atoms with Crippen LogP contribution in [-0.2, 0) is 14.4 Å². The number of carboxylic acid groups (broad SMARTS) is 1. The number of thiazole rings is 1. The van der Waals surface area contributed by atoms with Crippen molar-refractivity contribution in [1.82, 2.24) is 9.88 Å². The minimum Gasteiger partial charge on any atom is -0.504 e. The van der Waals surface area contributed by atoms with E-state index < -0.39 is 17.8 Å². The number of aromatic amines is 1. The Bertz CT molecular complexity index is 1290. The zero-order valence-corrected chi connectivity index (χ0v) is 19.7. The molecule has 0 radical (unpaired) electrons. The Morgan fingerprint density at radius 2 is 1.94 bits per heavy atom. The number of carbonyl (C=O) groups is 3. The number of phenolic OH excluding ortho intramolecular Hbond substituents is 1. The Morgan fingerprint density at radius 1 is 1.21 bits per heavy atom. The lowest BCUT2D eigenvalue weighted by Gasteiger charge is -2.43. The fourth-order valence-electron chi connectivity index (χ4n) is 6.77. The van der Waals surface area contributed by atoms with Gasteiger partial charge in [-0.2, -0.15) is 0 Å². The van der Waals surface area contributed by atoms with Gasteiger partial charge in [0.15, 0.2) is 11.5 Å². The highest BCUT2D eigenvalue weighted by Crippen LogP contribution is 2.68. The smallest absolute Gasteiger partial charge is 0.305 e. The lowest BCUT2D eigenvalue weighted by Crippen LogP contribution is -2.42. The molecule has 3 fully saturated rings. The van der Waals surface area contributed by atoms with Crippen molar-refractivity contribution in [3.63, 3.8) is 0 Å². The number of rotatable bonds is 5. The van der Waals surface area contributed by atoms with Crippen LogP contribution in [0.1, 0.15) is 29.2 Å². The number of hydrogen-bond donors (Lipinski definition) is 3. The van der Waals surface area contributed by atoms with Crippen LogP contribution in [0.2, 0.25) is 0 Å². The van der Waals surface area contributed by atoms with Gasteiger partial charge in [-0.05, 0) is 41.9 Å². The number of ether oxygens (including phenoxy) is 1. The largest absolute Gasteiger partial charge is 0.504 e. The number of phenols is 1. The van der Waals surface area contributed by atoms with E-state index in [4.69, 9.17) is 9.84 Å². The number of carbonyl (C=O) groups excluding carboxylic acids is 2. The third-order valence-corrected chi connectivity index (χ3v) is 10.5. The SMILES string of the molecule is COc1cc(C2c3sc(=O)[nH]c3SC3C4CC(C5C(=O)N(CCC(=O)O)C(=O)C45)C23)ccc1O. The predicted molar refractivity (Wildman–Crippen MR) is 122 cm³/mol. The average Bonchev–Trinajstić information content (AvgIpc) is 3.52. The molecule has 1 saturated heterocycles. The fourth-order valence-corrected chi connectivity index (χ4v) is 9.66. The molecule has 2 amide bonds. The van der Waals surface area contributed by atoms with Gasteiger partial charge in [-0.25, -0.2) is 0 Å². The van der Waals surface area contributed by atoms with Crippen LogP contribution in [0.3, 0.4) is 0 Å². The number of likely N-dealkylation sites (tertiary alicyclic amines) is 1. The maximum absolute atomic E-state index is 13.3. The number of H-pyrrole nitrogens is 1. The van der Waals surface area contributed by atoms with Crippen LogP contribution in [0.25, 0.3) is 0 Å². The molecule has 3 N–H and O–H groups in total. The van der Waals surface area contributed by atoms with Gasteiger partial charge in [0.25, 0.3) is 0 Å². The number of fused-ring (bicyclic) bond motifs is 9. The van der Waals surface area contributed by atoms with Gasteiger partial charge in [-0.3, -0.25) is 24.1 Å². The highest BCUT2D eigenvalue weighted by Gasteiger charge is 2.69. The Morgan fingerprint density at radius 3 is 2.65 bits per heavy atom. The summed E-state index contributed by atoms with van der Waals surface area (Å²) in [5.41, 5.74) is 0.894. The molecule has 2 bridgehead atoms. The van der Waals surface area contributed by atoms with E-state index in [1.54, 1.807) is 23.9 Å². The van der Waals surface area contributed by atoms with Gasteiger partial charge in [0, 0.05) is 22.6 Å². The average molecular weight is 503 g/mol. The number of hydrogen-bond acceptors (Lipinski definition) is 8. The van der Waals surface area contributed by atoms with Crippen molar-refractivity contribution in [3.8, 4) is 11.5 Å². The van der Waals surface area contributed by atoms with Crippen molar-refractivity contribution in [2.45, 2.75) is 29.0 Å². The number of carboxylic acids is 1. The van der Waals surface area contributed by atoms with Gasteiger partial charge in [-0.1, -0.05) is 17.4 Å². The summed E-state index contributed by atoms with van der Waals surface area (Å²) in [7, 11) is 1.48.